The molecule has 0 saturated carbocycles. The fourth-order valence-electron chi connectivity index (χ4n) is 1.11. The second-order valence-corrected chi connectivity index (χ2v) is 4.19. The Morgan fingerprint density at radius 3 is 2.71 bits per heavy atom. The molecule has 1 aromatic rings. The fraction of sp³-hybridized carbons (Fsp3) is 0.222. The molecule has 1 rings (SSSR count). The smallest absolute Gasteiger partial charge is 0.335 e. The number of carboxylic acid groups (broad SMARTS) is 1. The topological polar surface area (TPSA) is 74.6 Å². The summed E-state index contributed by atoms with van der Waals surface area (Å²) in [6, 6.07) is 6.39. The van der Waals surface area contributed by atoms with Crippen LogP contribution < -0.4 is 0 Å². The van der Waals surface area contributed by atoms with E-state index in [0.29, 0.717) is 6.42 Å². The molecule has 0 radical (unpaired) electrons. The third-order valence-electron chi connectivity index (χ3n) is 1.80. The minimum Gasteiger partial charge on any atom is -0.478 e. The summed E-state index contributed by atoms with van der Waals surface area (Å²) in [6.07, 6.45) is 0.642. The average molecular weight is 214 g/mol. The second kappa shape index (κ2) is 4.94. The number of carbonyl (C=O) groups is 1. The molecule has 4 nitrogen and oxygen atoms in total. The molecule has 0 fully saturated rings. The van der Waals surface area contributed by atoms with E-state index in [4.69, 9.17) is 10.00 Å². The first-order valence-electron chi connectivity index (χ1n) is 4.13. The lowest BCUT2D eigenvalue weighted by Crippen LogP contribution is -1.97. The number of aromatic carboxylic acids is 1. The first-order valence-corrected chi connectivity index (χ1v) is 5.70. The van der Waals surface area contributed by atoms with Crippen molar-refractivity contribution >= 4 is 14.0 Å². The summed E-state index contributed by atoms with van der Waals surface area (Å²) in [5, 5.41) is 8.68. The van der Waals surface area contributed by atoms with E-state index in [-0.39, 0.29) is 11.7 Å². The van der Waals surface area contributed by atoms with Crippen LogP contribution in [-0.4, -0.2) is 22.1 Å². The van der Waals surface area contributed by atoms with Crippen molar-refractivity contribution in [3.8, 4) is 0 Å². The van der Waals surface area contributed by atoms with Gasteiger partial charge in [0.1, 0.15) is 0 Å². The fourth-order valence-corrected chi connectivity index (χ4v) is 1.61. The third kappa shape index (κ3) is 3.32. The zero-order chi connectivity index (χ0) is 10.6. The van der Waals surface area contributed by atoms with Crippen molar-refractivity contribution in [2.75, 3.05) is 6.16 Å². The van der Waals surface area contributed by atoms with E-state index in [2.05, 4.69) is 0 Å². The Bertz CT molecular complexity index is 362. The van der Waals surface area contributed by atoms with Crippen LogP contribution in [0.2, 0.25) is 0 Å². The van der Waals surface area contributed by atoms with Crippen LogP contribution in [0.4, 0.5) is 0 Å². The lowest BCUT2D eigenvalue weighted by atomic mass is 10.1. The van der Waals surface area contributed by atoms with Crippen LogP contribution in [0.1, 0.15) is 15.9 Å². The Morgan fingerprint density at radius 1 is 1.43 bits per heavy atom. The first kappa shape index (κ1) is 11.0. The van der Waals surface area contributed by atoms with Gasteiger partial charge in [0.15, 0.2) is 8.03 Å². The summed E-state index contributed by atoms with van der Waals surface area (Å²) < 4.78 is 10.5. The Morgan fingerprint density at radius 2 is 2.14 bits per heavy atom. The quantitative estimate of drug-likeness (QED) is 0.743. The van der Waals surface area contributed by atoms with Gasteiger partial charge in [0.2, 0.25) is 0 Å². The van der Waals surface area contributed by atoms with E-state index in [1.54, 1.807) is 12.1 Å². The van der Waals surface area contributed by atoms with Crippen LogP contribution >= 0.6 is 8.03 Å². The van der Waals surface area contributed by atoms with Crippen molar-refractivity contribution in [2.45, 2.75) is 6.42 Å². The zero-order valence-electron chi connectivity index (χ0n) is 7.43. The van der Waals surface area contributed by atoms with E-state index in [1.165, 1.54) is 12.1 Å². The van der Waals surface area contributed by atoms with E-state index in [1.807, 2.05) is 0 Å². The van der Waals surface area contributed by atoms with Gasteiger partial charge in [0, 0.05) is 6.16 Å². The SMILES string of the molecule is O=C(O)c1cccc(CC[PH](=O)O)c1. The van der Waals surface area contributed by atoms with Crippen LogP contribution in [0.15, 0.2) is 24.3 Å². The van der Waals surface area contributed by atoms with E-state index < -0.39 is 14.0 Å². The number of aryl methyl sites for hydroxylation is 1. The average Bonchev–Trinajstić information content (AvgIpc) is 2.15. The molecule has 2 N–H and O–H groups in total. The Labute approximate surface area is 82.1 Å². The summed E-state index contributed by atoms with van der Waals surface area (Å²) >= 11 is 0. The van der Waals surface area contributed by atoms with Crippen molar-refractivity contribution in [1.82, 2.24) is 0 Å². The van der Waals surface area contributed by atoms with Gasteiger partial charge in [-0.15, -0.1) is 0 Å². The molecule has 1 aromatic carbocycles. The lowest BCUT2D eigenvalue weighted by Gasteiger charge is -2.00. The van der Waals surface area contributed by atoms with Crippen LogP contribution in [0.5, 0.6) is 0 Å². The van der Waals surface area contributed by atoms with Gasteiger partial charge < -0.3 is 10.00 Å². The second-order valence-electron chi connectivity index (χ2n) is 2.90. The zero-order valence-corrected chi connectivity index (χ0v) is 8.43. The highest BCUT2D eigenvalue weighted by Crippen LogP contribution is 2.16. The van der Waals surface area contributed by atoms with Gasteiger partial charge in [-0.2, -0.15) is 0 Å². The molecule has 0 aliphatic heterocycles. The molecular weight excluding hydrogens is 203 g/mol. The largest absolute Gasteiger partial charge is 0.478 e. The minimum atomic E-state index is -2.46. The predicted octanol–water partition coefficient (Wildman–Crippen LogP) is 1.39. The molecule has 0 aliphatic rings. The highest BCUT2D eigenvalue weighted by atomic mass is 31.1. The standard InChI is InChI=1S/C9H11O4P/c10-9(11)8-3-1-2-7(6-8)4-5-14(12)13/h1-3,6,14H,4-5H2,(H,10,11)(H,12,13). The number of carboxylic acids is 1. The van der Waals surface area contributed by atoms with Gasteiger partial charge in [-0.3, -0.25) is 4.57 Å². The Hall–Kier alpha value is -1.12. The van der Waals surface area contributed by atoms with Crippen molar-refractivity contribution < 1.29 is 19.4 Å². The number of hydrogen-bond acceptors (Lipinski definition) is 2. The number of hydrogen-bond donors (Lipinski definition) is 2. The molecule has 5 heteroatoms. The maximum absolute atomic E-state index is 10.6. The first-order chi connectivity index (χ1) is 6.59. The summed E-state index contributed by atoms with van der Waals surface area (Å²) in [5.41, 5.74) is 0.984. The molecule has 1 atom stereocenters. The molecule has 0 spiro atoms. The van der Waals surface area contributed by atoms with Crippen molar-refractivity contribution in [3.63, 3.8) is 0 Å². The Balaban J connectivity index is 2.73. The van der Waals surface area contributed by atoms with Gasteiger partial charge in [-0.05, 0) is 24.1 Å². The molecule has 1 unspecified atom stereocenters. The van der Waals surface area contributed by atoms with Crippen molar-refractivity contribution in [1.29, 1.82) is 0 Å². The summed E-state index contributed by atoms with van der Waals surface area (Å²) in [4.78, 5) is 19.2. The predicted molar refractivity (Wildman–Crippen MR) is 53.2 cm³/mol. The molecule has 0 saturated heterocycles. The van der Waals surface area contributed by atoms with Crippen LogP contribution in [0, 0.1) is 0 Å². The van der Waals surface area contributed by atoms with Gasteiger partial charge in [0.25, 0.3) is 0 Å². The van der Waals surface area contributed by atoms with E-state index >= 15 is 0 Å². The maximum atomic E-state index is 10.6. The van der Waals surface area contributed by atoms with Gasteiger partial charge >= 0.3 is 5.97 Å². The molecule has 0 aliphatic carbocycles. The van der Waals surface area contributed by atoms with E-state index in [0.717, 1.165) is 5.56 Å². The summed E-state index contributed by atoms with van der Waals surface area (Å²) in [5.74, 6) is -0.983. The molecule has 0 amide bonds. The monoisotopic (exact) mass is 214 g/mol. The van der Waals surface area contributed by atoms with Gasteiger partial charge in [0.05, 0.1) is 5.56 Å². The normalized spacial score (nSPS) is 12.4. The maximum Gasteiger partial charge on any atom is 0.335 e. The van der Waals surface area contributed by atoms with Gasteiger partial charge in [-0.25, -0.2) is 4.79 Å². The van der Waals surface area contributed by atoms with E-state index in [9.17, 15) is 9.36 Å². The molecule has 14 heavy (non-hydrogen) atoms. The van der Waals surface area contributed by atoms with Crippen molar-refractivity contribution in [2.24, 2.45) is 0 Å². The molecule has 76 valence electrons. The lowest BCUT2D eigenvalue weighted by molar-refractivity contribution is 0.0697. The number of rotatable bonds is 4. The summed E-state index contributed by atoms with van der Waals surface area (Å²) in [7, 11) is -2.46. The van der Waals surface area contributed by atoms with Crippen LogP contribution in [-0.2, 0) is 11.0 Å². The Kier molecular flexibility index (Phi) is 3.86. The highest BCUT2D eigenvalue weighted by Gasteiger charge is 2.03. The van der Waals surface area contributed by atoms with Crippen LogP contribution in [0.3, 0.4) is 0 Å². The minimum absolute atomic E-state index is 0.202. The third-order valence-corrected chi connectivity index (χ3v) is 2.48. The molecule has 0 heterocycles. The number of benzene rings is 1. The van der Waals surface area contributed by atoms with Crippen LogP contribution in [0.25, 0.3) is 0 Å². The summed E-state index contributed by atoms with van der Waals surface area (Å²) in [6.45, 7) is 0. The molecule has 0 bridgehead atoms. The molecular formula is C9H11O4P. The van der Waals surface area contributed by atoms with Gasteiger partial charge in [-0.1, -0.05) is 12.1 Å². The molecule has 0 aromatic heterocycles. The van der Waals surface area contributed by atoms with Crippen molar-refractivity contribution in [3.05, 3.63) is 35.4 Å². The highest BCUT2D eigenvalue weighted by molar-refractivity contribution is 7.37.